The minimum Gasteiger partial charge on any atom is -0.484 e. The highest BCUT2D eigenvalue weighted by Crippen LogP contribution is 2.37. The van der Waals surface area contributed by atoms with Crippen molar-refractivity contribution in [3.63, 3.8) is 0 Å². The highest BCUT2D eigenvalue weighted by molar-refractivity contribution is 7.71. The summed E-state index contributed by atoms with van der Waals surface area (Å²) in [6.45, 7) is 0.879. The third-order valence-corrected chi connectivity index (χ3v) is 4.12. The number of aromatic nitrogens is 2. The van der Waals surface area contributed by atoms with E-state index in [0.29, 0.717) is 36.5 Å². The first kappa shape index (κ1) is 17.5. The quantitative estimate of drug-likeness (QED) is 0.498. The number of hydrogen-bond acceptors (Lipinski definition) is 5. The molecule has 1 aromatic carbocycles. The van der Waals surface area contributed by atoms with Crippen molar-refractivity contribution in [1.29, 1.82) is 0 Å². The molecule has 0 radical (unpaired) electrons. The molecule has 124 valence electrons. The zero-order valence-electron chi connectivity index (χ0n) is 12.2. The molecule has 23 heavy (non-hydrogen) atoms. The first-order valence-electron chi connectivity index (χ1n) is 6.99. The lowest BCUT2D eigenvalue weighted by Gasteiger charge is -2.27. The molecule has 1 aliphatic rings. The normalized spacial score (nSPS) is 16.1. The number of benzene rings is 1. The van der Waals surface area contributed by atoms with E-state index in [1.165, 1.54) is 6.07 Å². The SMILES string of the molecule is Cl.NCCc1c[nH]c(=S)n1C1COc2c(cccc2[N+](=O)[O-])C1. The van der Waals surface area contributed by atoms with Gasteiger partial charge < -0.3 is 20.0 Å². The summed E-state index contributed by atoms with van der Waals surface area (Å²) in [6, 6.07) is 5.00. The van der Waals surface area contributed by atoms with E-state index < -0.39 is 4.92 Å². The van der Waals surface area contributed by atoms with Crippen molar-refractivity contribution in [2.24, 2.45) is 5.73 Å². The fourth-order valence-corrected chi connectivity index (χ4v) is 3.18. The molecule has 1 aromatic heterocycles. The zero-order chi connectivity index (χ0) is 15.7. The standard InChI is InChI=1S/C14H16N4O3S.ClH/c15-5-4-10-7-16-14(22)17(10)11-6-9-2-1-3-12(18(19)20)13(9)21-8-11;/h1-3,7,11H,4-6,8,15H2,(H,16,22);1H. The lowest BCUT2D eigenvalue weighted by molar-refractivity contribution is -0.386. The smallest absolute Gasteiger partial charge is 0.311 e. The number of aromatic amines is 1. The van der Waals surface area contributed by atoms with Crippen LogP contribution in [0.4, 0.5) is 5.69 Å². The molecule has 0 spiro atoms. The van der Waals surface area contributed by atoms with Gasteiger partial charge in [-0.3, -0.25) is 10.1 Å². The van der Waals surface area contributed by atoms with Gasteiger partial charge in [0.1, 0.15) is 6.61 Å². The van der Waals surface area contributed by atoms with E-state index in [2.05, 4.69) is 4.98 Å². The van der Waals surface area contributed by atoms with E-state index in [4.69, 9.17) is 22.7 Å². The van der Waals surface area contributed by atoms with Crippen LogP contribution in [0.2, 0.25) is 0 Å². The number of H-pyrrole nitrogens is 1. The molecule has 0 fully saturated rings. The summed E-state index contributed by atoms with van der Waals surface area (Å²) in [5.41, 5.74) is 7.49. The highest BCUT2D eigenvalue weighted by Gasteiger charge is 2.28. The van der Waals surface area contributed by atoms with Crippen LogP contribution >= 0.6 is 24.6 Å². The summed E-state index contributed by atoms with van der Waals surface area (Å²) < 4.78 is 8.31. The molecule has 9 heteroatoms. The number of nitro groups is 1. The molecule has 1 unspecified atom stereocenters. The van der Waals surface area contributed by atoms with Gasteiger partial charge in [-0.1, -0.05) is 12.1 Å². The van der Waals surface area contributed by atoms with Gasteiger partial charge in [-0.05, 0) is 18.8 Å². The zero-order valence-corrected chi connectivity index (χ0v) is 13.9. The van der Waals surface area contributed by atoms with Crippen molar-refractivity contribution in [2.75, 3.05) is 13.2 Å². The Morgan fingerprint density at radius 2 is 2.30 bits per heavy atom. The maximum atomic E-state index is 11.1. The number of rotatable bonds is 4. The van der Waals surface area contributed by atoms with Gasteiger partial charge in [0.15, 0.2) is 10.5 Å². The van der Waals surface area contributed by atoms with Crippen LogP contribution in [0.25, 0.3) is 0 Å². The molecule has 7 nitrogen and oxygen atoms in total. The van der Waals surface area contributed by atoms with E-state index in [1.807, 2.05) is 16.8 Å². The fourth-order valence-electron chi connectivity index (χ4n) is 2.86. The molecule has 2 aromatic rings. The molecule has 0 saturated carbocycles. The average Bonchev–Trinajstić information content (AvgIpc) is 2.87. The van der Waals surface area contributed by atoms with Crippen molar-refractivity contribution >= 4 is 30.3 Å². The van der Waals surface area contributed by atoms with Gasteiger partial charge in [-0.25, -0.2) is 0 Å². The second kappa shape index (κ2) is 7.12. The van der Waals surface area contributed by atoms with Crippen LogP contribution in [-0.2, 0) is 12.8 Å². The summed E-state index contributed by atoms with van der Waals surface area (Å²) in [7, 11) is 0. The highest BCUT2D eigenvalue weighted by atomic mass is 35.5. The van der Waals surface area contributed by atoms with E-state index in [1.54, 1.807) is 6.07 Å². The molecule has 1 aliphatic heterocycles. The lowest BCUT2D eigenvalue weighted by Crippen LogP contribution is -2.26. The Bertz CT molecular complexity index is 774. The van der Waals surface area contributed by atoms with Crippen LogP contribution in [0.3, 0.4) is 0 Å². The third-order valence-electron chi connectivity index (χ3n) is 3.80. The summed E-state index contributed by atoms with van der Waals surface area (Å²) in [6.07, 6.45) is 3.21. The minimum atomic E-state index is -0.416. The molecule has 3 N–H and O–H groups in total. The van der Waals surface area contributed by atoms with E-state index in [0.717, 1.165) is 11.3 Å². The van der Waals surface area contributed by atoms with Gasteiger partial charge in [-0.15, -0.1) is 12.4 Å². The summed E-state index contributed by atoms with van der Waals surface area (Å²) in [5.74, 6) is 0.367. The van der Waals surface area contributed by atoms with Gasteiger partial charge >= 0.3 is 5.69 Å². The van der Waals surface area contributed by atoms with Gasteiger partial charge in [0.25, 0.3) is 0 Å². The number of halogens is 1. The Morgan fingerprint density at radius 3 is 3.00 bits per heavy atom. The minimum absolute atomic E-state index is 0. The van der Waals surface area contributed by atoms with E-state index >= 15 is 0 Å². The Labute approximate surface area is 144 Å². The summed E-state index contributed by atoms with van der Waals surface area (Å²) in [4.78, 5) is 13.7. The average molecular weight is 357 g/mol. The molecule has 0 amide bonds. The Hall–Kier alpha value is -1.90. The maximum Gasteiger partial charge on any atom is 0.311 e. The number of nitrogens with one attached hydrogen (secondary N) is 1. The van der Waals surface area contributed by atoms with Crippen LogP contribution in [0.1, 0.15) is 17.3 Å². The number of imidazole rings is 1. The fraction of sp³-hybridized carbons (Fsp3) is 0.357. The molecule has 0 saturated heterocycles. The van der Waals surface area contributed by atoms with Gasteiger partial charge in [-0.2, -0.15) is 0 Å². The van der Waals surface area contributed by atoms with Crippen molar-refractivity contribution in [1.82, 2.24) is 9.55 Å². The van der Waals surface area contributed by atoms with Crippen LogP contribution in [0.15, 0.2) is 24.4 Å². The van der Waals surface area contributed by atoms with E-state index in [9.17, 15) is 10.1 Å². The Kier molecular flexibility index (Phi) is 5.40. The Balaban J connectivity index is 0.00000192. The van der Waals surface area contributed by atoms with Gasteiger partial charge in [0.05, 0.1) is 11.0 Å². The maximum absolute atomic E-state index is 11.1. The van der Waals surface area contributed by atoms with Gasteiger partial charge in [0.2, 0.25) is 0 Å². The molecular weight excluding hydrogens is 340 g/mol. The van der Waals surface area contributed by atoms with E-state index in [-0.39, 0.29) is 24.1 Å². The number of hydrogen-bond donors (Lipinski definition) is 2. The monoisotopic (exact) mass is 356 g/mol. The number of ether oxygens (including phenoxy) is 1. The third kappa shape index (κ3) is 3.24. The predicted molar refractivity (Wildman–Crippen MR) is 91.0 cm³/mol. The number of nitrogens with two attached hydrogens (primary N) is 1. The first-order valence-corrected chi connectivity index (χ1v) is 7.40. The second-order valence-corrected chi connectivity index (χ2v) is 5.57. The second-order valence-electron chi connectivity index (χ2n) is 5.19. The number of nitrogens with zero attached hydrogens (tertiary/aromatic N) is 2. The first-order chi connectivity index (χ1) is 10.6. The predicted octanol–water partition coefficient (Wildman–Crippen LogP) is 2.55. The van der Waals surface area contributed by atoms with Crippen molar-refractivity contribution < 1.29 is 9.66 Å². The van der Waals surface area contributed by atoms with Crippen molar-refractivity contribution in [2.45, 2.75) is 18.9 Å². The molecule has 0 bridgehead atoms. The van der Waals surface area contributed by atoms with Crippen molar-refractivity contribution in [3.05, 3.63) is 50.5 Å². The van der Waals surface area contributed by atoms with Crippen LogP contribution in [0.5, 0.6) is 5.75 Å². The largest absolute Gasteiger partial charge is 0.484 e. The molecule has 0 aliphatic carbocycles. The Morgan fingerprint density at radius 1 is 1.52 bits per heavy atom. The molecular formula is C14H17ClN4O3S. The topological polar surface area (TPSA) is 99.1 Å². The molecule has 3 rings (SSSR count). The molecule has 2 heterocycles. The number of nitro benzene ring substituents is 1. The number of fused-ring (bicyclic) bond motifs is 1. The van der Waals surface area contributed by atoms with Crippen molar-refractivity contribution in [3.8, 4) is 5.75 Å². The molecule has 1 atom stereocenters. The summed E-state index contributed by atoms with van der Waals surface area (Å²) >= 11 is 5.34. The van der Waals surface area contributed by atoms with Crippen LogP contribution in [0, 0.1) is 14.9 Å². The number of para-hydroxylation sites is 1. The van der Waals surface area contributed by atoms with Crippen LogP contribution < -0.4 is 10.5 Å². The van der Waals surface area contributed by atoms with Gasteiger partial charge in [0, 0.05) is 36.4 Å². The van der Waals surface area contributed by atoms with Crippen LogP contribution in [-0.4, -0.2) is 27.6 Å². The lowest BCUT2D eigenvalue weighted by atomic mass is 10.0. The summed E-state index contributed by atoms with van der Waals surface area (Å²) in [5, 5.41) is 11.1.